The average molecular weight is 1130 g/mol. The molecule has 10 aromatic carbocycles. The molecule has 10 rings (SSSR count). The molecule has 0 aliphatic heterocycles. The van der Waals surface area contributed by atoms with Gasteiger partial charge in [-0.25, -0.2) is 87.8 Å². The van der Waals surface area contributed by atoms with Crippen molar-refractivity contribution in [2.75, 3.05) is 0 Å². The SMILES string of the molecule is Fc1c(F)c(F)c([B-](c2c(F)c(F)c(F)c(F)c2F)(c2c(F)c(F)c(F)c(F)c2F)c2c(F)c(F)c(F)c(F)c2F)c(F)c1F.c1ccc([P+](Oc2cc3ccccc3c3ccccc23)(c2ccccc2)c2ccccc2)cc1. The van der Waals surface area contributed by atoms with Crippen LogP contribution in [0.1, 0.15) is 0 Å². The van der Waals surface area contributed by atoms with Gasteiger partial charge in [-0.05, 0) is 58.6 Å². The second-order valence-electron chi connectivity index (χ2n) is 17.1. The zero-order valence-corrected chi connectivity index (χ0v) is 39.7. The van der Waals surface area contributed by atoms with Crippen LogP contribution in [0.4, 0.5) is 87.8 Å². The fourth-order valence-electron chi connectivity index (χ4n) is 9.64. The molecular weight excluding hydrogens is 1110 g/mol. The van der Waals surface area contributed by atoms with Crippen LogP contribution in [0.2, 0.25) is 0 Å². The second kappa shape index (κ2) is 21.1. The highest BCUT2D eigenvalue weighted by Crippen LogP contribution is 2.57. The van der Waals surface area contributed by atoms with E-state index >= 15 is 35.1 Å². The predicted octanol–water partition coefficient (Wildman–Crippen LogP) is 13.1. The first-order chi connectivity index (χ1) is 37.6. The summed E-state index contributed by atoms with van der Waals surface area (Å²) < 4.78 is 301. The Labute approximate surface area is 431 Å². The Morgan fingerprint density at radius 1 is 0.241 bits per heavy atom. The van der Waals surface area contributed by atoms with Crippen LogP contribution in [-0.4, -0.2) is 6.15 Å². The van der Waals surface area contributed by atoms with E-state index in [0.29, 0.717) is 0 Å². The molecule has 0 aliphatic rings. The third kappa shape index (κ3) is 8.58. The molecule has 0 N–H and O–H groups in total. The summed E-state index contributed by atoms with van der Waals surface area (Å²) in [6.07, 6.45) is -7.22. The number of rotatable bonds is 9. The van der Waals surface area contributed by atoms with Gasteiger partial charge in [-0.2, -0.15) is 0 Å². The van der Waals surface area contributed by atoms with Gasteiger partial charge in [-0.3, -0.25) is 0 Å². The highest BCUT2D eigenvalue weighted by atomic mass is 31.2. The third-order valence-corrected chi connectivity index (χ3v) is 16.6. The molecule has 1 nitrogen and oxygen atoms in total. The van der Waals surface area contributed by atoms with Crippen molar-refractivity contribution in [3.05, 3.63) is 262 Å². The number of hydrogen-bond acceptors (Lipinski definition) is 1. The van der Waals surface area contributed by atoms with Crippen LogP contribution >= 0.6 is 7.49 Å². The maximum Gasteiger partial charge on any atom is 0.287 e. The Morgan fingerprint density at radius 3 is 0.759 bits per heavy atom. The Kier molecular flexibility index (Phi) is 14.8. The minimum Gasteiger partial charge on any atom is -0.334 e. The number of fused-ring (bicyclic) bond motifs is 3. The van der Waals surface area contributed by atoms with Gasteiger partial charge >= 0.3 is 0 Å². The molecule has 0 atom stereocenters. The summed E-state index contributed by atoms with van der Waals surface area (Å²) in [4.78, 5) is 0. The fraction of sp³-hybridized carbons (Fsp3) is 0. The van der Waals surface area contributed by atoms with Crippen LogP contribution in [0.15, 0.2) is 146 Å². The quantitative estimate of drug-likeness (QED) is 0.0350. The van der Waals surface area contributed by atoms with Crippen LogP contribution in [0, 0.1) is 116 Å². The van der Waals surface area contributed by atoms with Gasteiger partial charge in [-0.1, -0.05) is 103 Å². The second-order valence-corrected chi connectivity index (χ2v) is 20.1. The van der Waals surface area contributed by atoms with Gasteiger partial charge < -0.3 is 4.52 Å². The van der Waals surface area contributed by atoms with Crippen LogP contribution < -0.4 is 42.3 Å². The lowest BCUT2D eigenvalue weighted by atomic mass is 9.12. The third-order valence-electron chi connectivity index (χ3n) is 13.0. The first kappa shape index (κ1) is 55.4. The summed E-state index contributed by atoms with van der Waals surface area (Å²) >= 11 is 0. The number of halogens is 20. The molecule has 0 fully saturated rings. The molecule has 0 unspecified atom stereocenters. The van der Waals surface area contributed by atoms with E-state index in [9.17, 15) is 52.7 Å². The topological polar surface area (TPSA) is 9.23 Å². The van der Waals surface area contributed by atoms with Crippen LogP contribution in [0.3, 0.4) is 0 Å². The van der Waals surface area contributed by atoms with Crippen molar-refractivity contribution < 1.29 is 92.3 Å². The van der Waals surface area contributed by atoms with Gasteiger partial charge in [0, 0.05) is 5.39 Å². The maximum atomic E-state index is 15.4. The molecule has 0 saturated heterocycles. The smallest absolute Gasteiger partial charge is 0.287 e. The van der Waals surface area contributed by atoms with E-state index in [0.717, 1.165) is 11.1 Å². The van der Waals surface area contributed by atoms with E-state index in [1.54, 1.807) is 0 Å². The molecule has 0 aliphatic carbocycles. The molecule has 23 heteroatoms. The van der Waals surface area contributed by atoms with Crippen LogP contribution in [0.5, 0.6) is 5.75 Å². The monoisotopic (exact) mass is 1130 g/mol. The van der Waals surface area contributed by atoms with Crippen molar-refractivity contribution in [1.29, 1.82) is 0 Å². The lowest BCUT2D eigenvalue weighted by Gasteiger charge is -2.44. The maximum absolute atomic E-state index is 15.4. The summed E-state index contributed by atoms with van der Waals surface area (Å²) in [6.45, 7) is 0. The Morgan fingerprint density at radius 2 is 0.468 bits per heavy atom. The van der Waals surface area contributed by atoms with Crippen molar-refractivity contribution in [3.63, 3.8) is 0 Å². The summed E-state index contributed by atoms with van der Waals surface area (Å²) in [5.74, 6) is -70.5. The summed E-state index contributed by atoms with van der Waals surface area (Å²) in [6, 6.07) is 51.4. The molecule has 79 heavy (non-hydrogen) atoms. The van der Waals surface area contributed by atoms with Gasteiger partial charge in [0.15, 0.2) is 75.6 Å². The van der Waals surface area contributed by atoms with Gasteiger partial charge in [0.05, 0.1) is 0 Å². The Hall–Kier alpha value is -8.39. The molecule has 0 amide bonds. The lowest BCUT2D eigenvalue weighted by Crippen LogP contribution is -2.81. The van der Waals surface area contributed by atoms with E-state index in [1.165, 1.54) is 32.1 Å². The highest BCUT2D eigenvalue weighted by Gasteiger charge is 2.53. The van der Waals surface area contributed by atoms with Crippen molar-refractivity contribution in [3.8, 4) is 5.75 Å². The normalized spacial score (nSPS) is 11.8. The van der Waals surface area contributed by atoms with Gasteiger partial charge in [-0.15, -0.1) is 21.9 Å². The van der Waals surface area contributed by atoms with E-state index in [2.05, 4.69) is 146 Å². The zero-order valence-electron chi connectivity index (χ0n) is 38.8. The van der Waals surface area contributed by atoms with E-state index in [1.807, 2.05) is 0 Å². The minimum absolute atomic E-state index is 0.916. The number of hydrogen-bond donors (Lipinski definition) is 0. The molecule has 0 spiro atoms. The average Bonchev–Trinajstić information content (AvgIpc) is 3.66. The molecule has 402 valence electrons. The van der Waals surface area contributed by atoms with E-state index in [-0.39, 0.29) is 0 Å². The predicted molar refractivity (Wildman–Crippen MR) is 256 cm³/mol. The first-order valence-corrected chi connectivity index (χ1v) is 24.2. The Balaban J connectivity index is 0.000000198. The highest BCUT2D eigenvalue weighted by molar-refractivity contribution is 7.92. The van der Waals surface area contributed by atoms with Gasteiger partial charge in [0.2, 0.25) is 0 Å². The van der Waals surface area contributed by atoms with Crippen LogP contribution in [-0.2, 0) is 0 Å². The molecular formula is C56H24BF20OP. The van der Waals surface area contributed by atoms with Gasteiger partial charge in [0.25, 0.3) is 7.49 Å². The fourth-order valence-corrected chi connectivity index (χ4v) is 13.1. The summed E-state index contributed by atoms with van der Waals surface area (Å²) in [5, 5.41) is 8.37. The van der Waals surface area contributed by atoms with Gasteiger partial charge in [0.1, 0.15) is 68.6 Å². The summed E-state index contributed by atoms with van der Waals surface area (Å²) in [5.41, 5.74) is -14.3. The minimum atomic E-state index is -7.22. The largest absolute Gasteiger partial charge is 0.334 e. The van der Waals surface area contributed by atoms with E-state index in [4.69, 9.17) is 4.52 Å². The van der Waals surface area contributed by atoms with Crippen molar-refractivity contribution >= 4 is 72.9 Å². The number of benzene rings is 10. The lowest BCUT2D eigenvalue weighted by molar-refractivity contribution is 0.378. The molecule has 0 saturated carbocycles. The molecule has 10 aromatic rings. The van der Waals surface area contributed by atoms with Crippen molar-refractivity contribution in [2.24, 2.45) is 0 Å². The Bertz CT molecular complexity index is 3580. The zero-order chi connectivity index (χ0) is 57.2. The van der Waals surface area contributed by atoms with Crippen molar-refractivity contribution in [1.82, 2.24) is 0 Å². The van der Waals surface area contributed by atoms with Crippen molar-refractivity contribution in [2.45, 2.75) is 0 Å². The first-order valence-electron chi connectivity index (χ1n) is 22.5. The standard InChI is InChI=1S/C32H24OP.C24BF20/c1-4-15-26(16-5-1)34(27-17-6-2-7-18-27,28-19-8-3-9-20-28)33-32-24-25-14-10-11-21-29(25)30-22-12-13-23-31(30)32;26-5-1(6(27)14(35)21(42)13(5)34)25(2-7(28)15(36)22(43)16(37)8(2)29,3-9(30)17(38)23(44)18(39)10(3)31)4-11(32)19(40)24(45)20(41)12(4)33/h1-24H;/q+1;-1. The molecule has 0 heterocycles. The van der Waals surface area contributed by atoms with Crippen LogP contribution in [0.25, 0.3) is 21.5 Å². The molecule has 0 aromatic heterocycles. The molecule has 0 radical (unpaired) electrons. The summed E-state index contributed by atoms with van der Waals surface area (Å²) in [7, 11) is -2.46. The van der Waals surface area contributed by atoms with E-state index < -0.39 is 152 Å². The molecule has 0 bridgehead atoms.